The van der Waals surface area contributed by atoms with E-state index in [9.17, 15) is 10.4 Å². The number of aliphatic hydroxyl groups excluding tert-OH is 1. The molecule has 3 nitrogen and oxygen atoms in total. The maximum absolute atomic E-state index is 10.5. The summed E-state index contributed by atoms with van der Waals surface area (Å²) in [6, 6.07) is 12.5. The molecule has 1 aromatic rings. The summed E-state index contributed by atoms with van der Waals surface area (Å²) < 4.78 is 0. The lowest BCUT2D eigenvalue weighted by Crippen LogP contribution is -2.44. The standard InChI is InChI=1S/C15H16N2O/c1-17-13-8-12(10-5-3-2-4-6-10)15(18)14(17)7-11(13)9-16/h2-6,8,11,13-15,18H,7H2,1H3. The quantitative estimate of drug-likeness (QED) is 0.812. The second-order valence-corrected chi connectivity index (χ2v) is 5.13. The summed E-state index contributed by atoms with van der Waals surface area (Å²) in [6.45, 7) is 0. The van der Waals surface area contributed by atoms with Crippen LogP contribution in [0.25, 0.3) is 5.57 Å². The Balaban J connectivity index is 2.03. The third-order valence-electron chi connectivity index (χ3n) is 4.21. The number of hydrogen-bond donors (Lipinski definition) is 1. The fourth-order valence-electron chi connectivity index (χ4n) is 3.17. The van der Waals surface area contributed by atoms with Crippen LogP contribution < -0.4 is 0 Å². The van der Waals surface area contributed by atoms with Crippen molar-refractivity contribution in [2.75, 3.05) is 7.05 Å². The zero-order valence-electron chi connectivity index (χ0n) is 10.3. The van der Waals surface area contributed by atoms with Crippen LogP contribution in [0.2, 0.25) is 0 Å². The summed E-state index contributed by atoms with van der Waals surface area (Å²) in [5, 5.41) is 19.7. The monoisotopic (exact) mass is 240 g/mol. The SMILES string of the molecule is CN1C2C=C(c3ccccc3)C(O)C1CC2C#N. The first-order valence-electron chi connectivity index (χ1n) is 6.29. The van der Waals surface area contributed by atoms with E-state index >= 15 is 0 Å². The highest BCUT2D eigenvalue weighted by atomic mass is 16.3. The second-order valence-electron chi connectivity index (χ2n) is 5.13. The number of nitrogens with zero attached hydrogens (tertiary/aromatic N) is 2. The molecule has 2 bridgehead atoms. The average molecular weight is 240 g/mol. The van der Waals surface area contributed by atoms with Gasteiger partial charge in [-0.1, -0.05) is 36.4 Å². The first-order chi connectivity index (χ1) is 8.72. The van der Waals surface area contributed by atoms with Gasteiger partial charge in [-0.05, 0) is 24.6 Å². The summed E-state index contributed by atoms with van der Waals surface area (Å²) in [5.74, 6) is -0.00383. The van der Waals surface area contributed by atoms with E-state index in [0.717, 1.165) is 17.6 Å². The molecule has 0 saturated carbocycles. The van der Waals surface area contributed by atoms with Gasteiger partial charge in [0.05, 0.1) is 18.1 Å². The van der Waals surface area contributed by atoms with Crippen molar-refractivity contribution in [2.24, 2.45) is 5.92 Å². The first-order valence-corrected chi connectivity index (χ1v) is 6.29. The van der Waals surface area contributed by atoms with E-state index in [4.69, 9.17) is 0 Å². The third kappa shape index (κ3) is 1.58. The highest BCUT2D eigenvalue weighted by Gasteiger charge is 2.46. The molecule has 0 spiro atoms. The van der Waals surface area contributed by atoms with E-state index in [2.05, 4.69) is 17.0 Å². The lowest BCUT2D eigenvalue weighted by Gasteiger charge is -2.34. The summed E-state index contributed by atoms with van der Waals surface area (Å²) in [4.78, 5) is 2.13. The first kappa shape index (κ1) is 11.5. The molecule has 0 amide bonds. The molecule has 1 aromatic carbocycles. The zero-order valence-corrected chi connectivity index (χ0v) is 10.3. The molecule has 92 valence electrons. The van der Waals surface area contributed by atoms with E-state index < -0.39 is 6.10 Å². The zero-order chi connectivity index (χ0) is 12.7. The maximum Gasteiger partial charge on any atom is 0.0949 e. The fraction of sp³-hybridized carbons (Fsp3) is 0.400. The Hall–Kier alpha value is -1.63. The largest absolute Gasteiger partial charge is 0.387 e. The molecule has 4 unspecified atom stereocenters. The van der Waals surface area contributed by atoms with Gasteiger partial charge in [0, 0.05) is 12.1 Å². The number of hydrogen-bond acceptors (Lipinski definition) is 3. The van der Waals surface area contributed by atoms with Crippen LogP contribution in [0, 0.1) is 17.2 Å². The van der Waals surface area contributed by atoms with Crippen molar-refractivity contribution in [3.63, 3.8) is 0 Å². The van der Waals surface area contributed by atoms with E-state index in [0.29, 0.717) is 0 Å². The molecule has 1 saturated heterocycles. The molecule has 1 N–H and O–H groups in total. The van der Waals surface area contributed by atoms with Crippen molar-refractivity contribution in [1.29, 1.82) is 5.26 Å². The summed E-state index contributed by atoms with van der Waals surface area (Å²) >= 11 is 0. The Labute approximate surface area is 107 Å². The average Bonchev–Trinajstić information content (AvgIpc) is 2.63. The van der Waals surface area contributed by atoms with Gasteiger partial charge in [0.2, 0.25) is 0 Å². The molecular formula is C15H16N2O. The van der Waals surface area contributed by atoms with Crippen LogP contribution in [-0.4, -0.2) is 35.2 Å². The molecule has 0 radical (unpaired) electrons. The number of nitriles is 1. The molecule has 2 heterocycles. The summed E-state index contributed by atoms with van der Waals surface area (Å²) in [5.41, 5.74) is 2.04. The van der Waals surface area contributed by atoms with Crippen LogP contribution in [0.3, 0.4) is 0 Å². The molecule has 2 aliphatic heterocycles. The number of likely N-dealkylation sites (N-methyl/N-ethyl adjacent to an activating group) is 1. The van der Waals surface area contributed by atoms with Crippen molar-refractivity contribution in [3.8, 4) is 6.07 Å². The third-order valence-corrected chi connectivity index (χ3v) is 4.21. The molecule has 18 heavy (non-hydrogen) atoms. The normalized spacial score (nSPS) is 35.1. The van der Waals surface area contributed by atoms with Crippen LogP contribution in [0.1, 0.15) is 12.0 Å². The Kier molecular flexibility index (Phi) is 2.70. The van der Waals surface area contributed by atoms with Crippen molar-refractivity contribution in [3.05, 3.63) is 42.0 Å². The van der Waals surface area contributed by atoms with Crippen LogP contribution in [0.5, 0.6) is 0 Å². The fourth-order valence-corrected chi connectivity index (χ4v) is 3.17. The van der Waals surface area contributed by atoms with Gasteiger partial charge in [0.25, 0.3) is 0 Å². The van der Waals surface area contributed by atoms with Gasteiger partial charge in [-0.3, -0.25) is 4.90 Å². The van der Waals surface area contributed by atoms with Gasteiger partial charge < -0.3 is 5.11 Å². The molecule has 1 fully saturated rings. The van der Waals surface area contributed by atoms with Gasteiger partial charge in [-0.25, -0.2) is 0 Å². The van der Waals surface area contributed by atoms with E-state index in [1.54, 1.807) is 0 Å². The molecule has 0 aromatic heterocycles. The maximum atomic E-state index is 10.5. The Morgan fingerprint density at radius 2 is 2.06 bits per heavy atom. The van der Waals surface area contributed by atoms with E-state index in [-0.39, 0.29) is 18.0 Å². The van der Waals surface area contributed by atoms with Gasteiger partial charge in [-0.15, -0.1) is 0 Å². The van der Waals surface area contributed by atoms with E-state index in [1.807, 2.05) is 37.4 Å². The number of aliphatic hydroxyl groups is 1. The van der Waals surface area contributed by atoms with Gasteiger partial charge in [0.15, 0.2) is 0 Å². The summed E-state index contributed by atoms with van der Waals surface area (Å²) in [7, 11) is 1.99. The highest BCUT2D eigenvalue weighted by Crippen LogP contribution is 2.40. The predicted octanol–water partition coefficient (Wildman–Crippen LogP) is 1.66. The second kappa shape index (κ2) is 4.24. The molecular weight excluding hydrogens is 224 g/mol. The Bertz CT molecular complexity index is 517. The minimum atomic E-state index is -0.494. The smallest absolute Gasteiger partial charge is 0.0949 e. The molecule has 3 heteroatoms. The molecule has 2 aliphatic rings. The number of benzene rings is 1. The Morgan fingerprint density at radius 1 is 1.33 bits per heavy atom. The molecule has 3 rings (SSSR count). The number of rotatable bonds is 1. The van der Waals surface area contributed by atoms with Crippen molar-refractivity contribution >= 4 is 5.57 Å². The van der Waals surface area contributed by atoms with Crippen LogP contribution in [-0.2, 0) is 0 Å². The van der Waals surface area contributed by atoms with Crippen LogP contribution >= 0.6 is 0 Å². The van der Waals surface area contributed by atoms with Crippen LogP contribution in [0.4, 0.5) is 0 Å². The molecule has 4 atom stereocenters. The minimum Gasteiger partial charge on any atom is -0.387 e. The predicted molar refractivity (Wildman–Crippen MR) is 69.5 cm³/mol. The van der Waals surface area contributed by atoms with Crippen molar-refractivity contribution in [1.82, 2.24) is 4.90 Å². The van der Waals surface area contributed by atoms with E-state index in [1.165, 1.54) is 0 Å². The van der Waals surface area contributed by atoms with Gasteiger partial charge in [-0.2, -0.15) is 5.26 Å². The lowest BCUT2D eigenvalue weighted by atomic mass is 9.92. The van der Waals surface area contributed by atoms with Crippen LogP contribution in [0.15, 0.2) is 36.4 Å². The summed E-state index contributed by atoms with van der Waals surface area (Å²) in [6.07, 6.45) is 2.33. The topological polar surface area (TPSA) is 47.3 Å². The Morgan fingerprint density at radius 3 is 2.72 bits per heavy atom. The van der Waals surface area contributed by atoms with Gasteiger partial charge >= 0.3 is 0 Å². The minimum absolute atomic E-state index is 0.00383. The highest BCUT2D eigenvalue weighted by molar-refractivity contribution is 5.71. The van der Waals surface area contributed by atoms with Crippen molar-refractivity contribution in [2.45, 2.75) is 24.6 Å². The number of fused-ring (bicyclic) bond motifs is 2. The lowest BCUT2D eigenvalue weighted by molar-refractivity contribution is 0.110. The molecule has 0 aliphatic carbocycles. The van der Waals surface area contributed by atoms with Gasteiger partial charge in [0.1, 0.15) is 0 Å². The van der Waals surface area contributed by atoms with Crippen molar-refractivity contribution < 1.29 is 5.11 Å².